The summed E-state index contributed by atoms with van der Waals surface area (Å²) in [5.41, 5.74) is 6.10. The lowest BCUT2D eigenvalue weighted by Gasteiger charge is -2.04. The highest BCUT2D eigenvalue weighted by molar-refractivity contribution is 5.99. The van der Waals surface area contributed by atoms with Gasteiger partial charge in [0.25, 0.3) is 5.52 Å². The van der Waals surface area contributed by atoms with Crippen molar-refractivity contribution in [3.8, 4) is 11.3 Å². The summed E-state index contributed by atoms with van der Waals surface area (Å²) in [4.78, 5) is 14.1. The van der Waals surface area contributed by atoms with Gasteiger partial charge in [-0.05, 0) is 24.3 Å². The Labute approximate surface area is 145 Å². The summed E-state index contributed by atoms with van der Waals surface area (Å²) in [6.07, 6.45) is 0. The van der Waals surface area contributed by atoms with Gasteiger partial charge in [0, 0.05) is 27.1 Å². The number of hydrogen-bond donors (Lipinski definition) is 1. The minimum atomic E-state index is -0.200. The van der Waals surface area contributed by atoms with E-state index in [0.29, 0.717) is 5.56 Å². The maximum atomic E-state index is 12.5. The van der Waals surface area contributed by atoms with E-state index in [1.807, 2.05) is 78.9 Å². The van der Waals surface area contributed by atoms with Gasteiger partial charge in [-0.25, -0.2) is 0 Å². The number of carbonyl (C=O) groups is 1. The predicted molar refractivity (Wildman–Crippen MR) is 97.5 cm³/mol. The fourth-order valence-electron chi connectivity index (χ4n) is 2.73. The lowest BCUT2D eigenvalue weighted by molar-refractivity contribution is -0.675. The van der Waals surface area contributed by atoms with E-state index >= 15 is 0 Å². The zero-order valence-electron chi connectivity index (χ0n) is 13.5. The van der Waals surface area contributed by atoms with Crippen LogP contribution in [0, 0.1) is 0 Å². The van der Waals surface area contributed by atoms with Crippen molar-refractivity contribution in [3.63, 3.8) is 0 Å². The highest BCUT2D eigenvalue weighted by Crippen LogP contribution is 2.19. The molecule has 1 N–H and O–H groups in total. The SMILES string of the molecule is O=C(N[n+]1nc(-c2ccccc2)cc2ccccc21)c1ccccc1. The Morgan fingerprint density at radius 2 is 1.44 bits per heavy atom. The van der Waals surface area contributed by atoms with Crippen LogP contribution >= 0.6 is 0 Å². The smallest absolute Gasteiger partial charge is 0.263 e. The van der Waals surface area contributed by atoms with Crippen LogP contribution in [0.1, 0.15) is 10.4 Å². The summed E-state index contributed by atoms with van der Waals surface area (Å²) < 4.78 is 0. The molecule has 0 bridgehead atoms. The second kappa shape index (κ2) is 6.53. The molecule has 4 nitrogen and oxygen atoms in total. The molecule has 120 valence electrons. The minimum absolute atomic E-state index is 0.200. The van der Waals surface area contributed by atoms with Crippen LogP contribution in [0.25, 0.3) is 22.2 Å². The standard InChI is InChI=1S/C21H15N3O/c25-21(17-11-5-2-6-12-17)23-24-20-14-8-7-13-18(20)15-19(22-24)16-9-3-1-4-10-16/h1-15H/p+1. The highest BCUT2D eigenvalue weighted by Gasteiger charge is 2.18. The first-order valence-corrected chi connectivity index (χ1v) is 8.05. The molecule has 4 heteroatoms. The van der Waals surface area contributed by atoms with Gasteiger partial charge in [-0.2, -0.15) is 0 Å². The van der Waals surface area contributed by atoms with Crippen molar-refractivity contribution in [1.29, 1.82) is 0 Å². The summed E-state index contributed by atoms with van der Waals surface area (Å²) >= 11 is 0. The first kappa shape index (κ1) is 15.0. The Hall–Kier alpha value is -3.53. The van der Waals surface area contributed by atoms with Crippen LogP contribution in [0.15, 0.2) is 91.0 Å². The third kappa shape index (κ3) is 3.10. The second-order valence-corrected chi connectivity index (χ2v) is 5.67. The van der Waals surface area contributed by atoms with Crippen LogP contribution in [0.4, 0.5) is 0 Å². The molecule has 1 heterocycles. The molecule has 0 aliphatic heterocycles. The fourth-order valence-corrected chi connectivity index (χ4v) is 2.73. The molecular weight excluding hydrogens is 310 g/mol. The van der Waals surface area contributed by atoms with E-state index in [1.165, 1.54) is 0 Å². The van der Waals surface area contributed by atoms with Crippen LogP contribution < -0.4 is 10.2 Å². The summed E-state index contributed by atoms with van der Waals surface area (Å²) in [6, 6.07) is 28.9. The summed E-state index contributed by atoms with van der Waals surface area (Å²) in [7, 11) is 0. The van der Waals surface area contributed by atoms with Crippen LogP contribution in [0.2, 0.25) is 0 Å². The molecule has 0 saturated heterocycles. The first-order valence-electron chi connectivity index (χ1n) is 8.05. The number of para-hydroxylation sites is 1. The maximum absolute atomic E-state index is 12.5. The third-order valence-corrected chi connectivity index (χ3v) is 3.98. The van der Waals surface area contributed by atoms with Gasteiger partial charge < -0.3 is 0 Å². The lowest BCUT2D eigenvalue weighted by atomic mass is 10.1. The van der Waals surface area contributed by atoms with E-state index in [4.69, 9.17) is 0 Å². The summed E-state index contributed by atoms with van der Waals surface area (Å²) in [5, 5.41) is 5.63. The molecule has 1 amide bonds. The number of aromatic nitrogens is 2. The first-order chi connectivity index (χ1) is 12.3. The Morgan fingerprint density at radius 1 is 0.800 bits per heavy atom. The van der Waals surface area contributed by atoms with Crippen LogP contribution in [0.5, 0.6) is 0 Å². The Balaban J connectivity index is 1.80. The van der Waals surface area contributed by atoms with Crippen molar-refractivity contribution in [2.45, 2.75) is 0 Å². The van der Waals surface area contributed by atoms with Crippen molar-refractivity contribution in [1.82, 2.24) is 5.10 Å². The van der Waals surface area contributed by atoms with Crippen molar-refractivity contribution < 1.29 is 9.59 Å². The number of amides is 1. The molecule has 1 aromatic heterocycles. The molecule has 0 fully saturated rings. The van der Waals surface area contributed by atoms with Crippen molar-refractivity contribution >= 4 is 16.8 Å². The van der Waals surface area contributed by atoms with E-state index in [1.54, 1.807) is 16.9 Å². The third-order valence-electron chi connectivity index (χ3n) is 3.98. The highest BCUT2D eigenvalue weighted by atomic mass is 16.2. The van der Waals surface area contributed by atoms with Crippen molar-refractivity contribution in [2.75, 3.05) is 5.43 Å². The van der Waals surface area contributed by atoms with E-state index in [0.717, 1.165) is 22.2 Å². The molecule has 4 aromatic rings. The normalized spacial score (nSPS) is 10.6. The number of carbonyl (C=O) groups excluding carboxylic acids is 1. The predicted octanol–water partition coefficient (Wildman–Crippen LogP) is 3.57. The monoisotopic (exact) mass is 326 g/mol. The van der Waals surface area contributed by atoms with E-state index < -0.39 is 0 Å². The fraction of sp³-hybridized carbons (Fsp3) is 0. The van der Waals surface area contributed by atoms with E-state index in [9.17, 15) is 4.79 Å². The van der Waals surface area contributed by atoms with Gasteiger partial charge in [0.1, 0.15) is 5.69 Å². The van der Waals surface area contributed by atoms with Gasteiger partial charge >= 0.3 is 5.91 Å². The van der Waals surface area contributed by atoms with Gasteiger partial charge in [-0.3, -0.25) is 4.79 Å². The number of nitrogens with zero attached hydrogens (tertiary/aromatic N) is 2. The van der Waals surface area contributed by atoms with Gasteiger partial charge in [0.05, 0.1) is 5.39 Å². The summed E-state index contributed by atoms with van der Waals surface area (Å²) in [5.74, 6) is -0.200. The van der Waals surface area contributed by atoms with Gasteiger partial charge in [0.15, 0.2) is 0 Å². The Bertz CT molecular complexity index is 1030. The molecule has 0 aliphatic carbocycles. The molecule has 0 atom stereocenters. The maximum Gasteiger partial charge on any atom is 0.307 e. The molecule has 0 aliphatic rings. The van der Waals surface area contributed by atoms with E-state index in [-0.39, 0.29) is 5.91 Å². The zero-order valence-corrected chi connectivity index (χ0v) is 13.5. The topological polar surface area (TPSA) is 45.9 Å². The quantitative estimate of drug-likeness (QED) is 0.585. The van der Waals surface area contributed by atoms with Crippen LogP contribution in [0.3, 0.4) is 0 Å². The Kier molecular flexibility index (Phi) is 3.92. The molecule has 4 rings (SSSR count). The van der Waals surface area contributed by atoms with Crippen molar-refractivity contribution in [2.24, 2.45) is 0 Å². The van der Waals surface area contributed by atoms with Gasteiger partial charge in [0.2, 0.25) is 0 Å². The Morgan fingerprint density at radius 3 is 2.20 bits per heavy atom. The molecule has 3 aromatic carbocycles. The number of nitrogens with one attached hydrogen (secondary N) is 1. The molecular formula is C21H16N3O+. The largest absolute Gasteiger partial charge is 0.307 e. The number of hydrogen-bond acceptors (Lipinski definition) is 2. The molecule has 0 unspecified atom stereocenters. The second-order valence-electron chi connectivity index (χ2n) is 5.67. The zero-order chi connectivity index (χ0) is 17.1. The van der Waals surface area contributed by atoms with Gasteiger partial charge in [-0.1, -0.05) is 66.1 Å². The number of benzene rings is 3. The lowest BCUT2D eigenvalue weighted by Crippen LogP contribution is -2.52. The summed E-state index contributed by atoms with van der Waals surface area (Å²) in [6.45, 7) is 0. The van der Waals surface area contributed by atoms with Crippen LogP contribution in [-0.4, -0.2) is 11.0 Å². The average molecular weight is 326 g/mol. The van der Waals surface area contributed by atoms with Gasteiger partial charge in [-0.15, -0.1) is 0 Å². The molecule has 0 radical (unpaired) electrons. The number of rotatable bonds is 3. The molecule has 0 spiro atoms. The average Bonchev–Trinajstić information content (AvgIpc) is 2.69. The minimum Gasteiger partial charge on any atom is -0.263 e. The van der Waals surface area contributed by atoms with Crippen LogP contribution in [-0.2, 0) is 0 Å². The number of fused-ring (bicyclic) bond motifs is 1. The molecule has 25 heavy (non-hydrogen) atoms. The van der Waals surface area contributed by atoms with E-state index in [2.05, 4.69) is 10.5 Å². The van der Waals surface area contributed by atoms with Crippen molar-refractivity contribution in [3.05, 3.63) is 96.6 Å². The molecule has 0 saturated carbocycles.